The van der Waals surface area contributed by atoms with Crippen LogP contribution in [0.3, 0.4) is 0 Å². The van der Waals surface area contributed by atoms with Gasteiger partial charge in [0, 0.05) is 36.5 Å². The Morgan fingerprint density at radius 2 is 1.98 bits per heavy atom. The number of rotatable bonds is 11. The van der Waals surface area contributed by atoms with Crippen LogP contribution in [0.1, 0.15) is 43.7 Å². The maximum Gasteiger partial charge on any atom is 0.245 e. The average molecular weight is 578 g/mol. The Bertz CT molecular complexity index is 1500. The minimum absolute atomic E-state index is 0.273. The molecule has 1 saturated heterocycles. The van der Waals surface area contributed by atoms with Crippen LogP contribution >= 0.6 is 0 Å². The molecule has 1 fully saturated rings. The largest absolute Gasteiger partial charge is 0.760 e. The van der Waals surface area contributed by atoms with Crippen LogP contribution in [0.15, 0.2) is 60.8 Å². The van der Waals surface area contributed by atoms with Gasteiger partial charge in [-0.25, -0.2) is 13.8 Å². The molecule has 41 heavy (non-hydrogen) atoms. The van der Waals surface area contributed by atoms with Crippen LogP contribution in [-0.2, 0) is 17.8 Å². The van der Waals surface area contributed by atoms with E-state index in [0.717, 1.165) is 66.3 Å². The van der Waals surface area contributed by atoms with Crippen LogP contribution < -0.4 is 10.1 Å². The first-order valence-electron chi connectivity index (χ1n) is 14.0. The fourth-order valence-electron chi connectivity index (χ4n) is 5.54. The van der Waals surface area contributed by atoms with Crippen LogP contribution in [0, 0.1) is 0 Å². The molecule has 2 aromatic carbocycles. The summed E-state index contributed by atoms with van der Waals surface area (Å²) in [6.07, 6.45) is 3.54. The Hall–Kier alpha value is -3.35. The second-order valence-electron chi connectivity index (χ2n) is 10.5. The summed E-state index contributed by atoms with van der Waals surface area (Å²) in [7, 11) is 1.66. The molecule has 2 aromatic heterocycles. The molecule has 0 amide bonds. The highest BCUT2D eigenvalue weighted by molar-refractivity contribution is 7.76. The van der Waals surface area contributed by atoms with Crippen molar-refractivity contribution in [1.29, 1.82) is 0 Å². The van der Waals surface area contributed by atoms with E-state index in [9.17, 15) is 13.9 Å². The van der Waals surface area contributed by atoms with E-state index < -0.39 is 11.3 Å². The number of fused-ring (bicyclic) bond motifs is 1. The zero-order valence-electron chi connectivity index (χ0n) is 23.7. The lowest BCUT2D eigenvalue weighted by Gasteiger charge is -2.33. The average Bonchev–Trinajstić information content (AvgIpc) is 3.39. The van der Waals surface area contributed by atoms with Gasteiger partial charge < -0.3 is 24.6 Å². The number of ether oxygens (including phenoxy) is 1. The van der Waals surface area contributed by atoms with Gasteiger partial charge in [-0.15, -0.1) is 5.10 Å². The maximum absolute atomic E-state index is 11.6. The lowest BCUT2D eigenvalue weighted by atomic mass is 9.89. The Morgan fingerprint density at radius 3 is 2.68 bits per heavy atom. The molecule has 1 aliphatic heterocycles. The molecule has 4 aromatic rings. The highest BCUT2D eigenvalue weighted by Crippen LogP contribution is 2.35. The molecule has 218 valence electrons. The number of hydrogen-bond donors (Lipinski definition) is 2. The van der Waals surface area contributed by atoms with E-state index in [0.29, 0.717) is 18.4 Å². The standard InChI is InChI=1S/C30H38N6O4S/c1-4-35(41(38)39)20-24-7-5-6-8-26(24)28-12-10-25-18-31-30(33-36(25)28)32-27-11-9-23(17-29(27)40-3)22-13-15-34(16-14-22)19-21(2)37/h5-12,17-18,21-22,37H,4,13-16,19-20H2,1-3H3,(H,32,33)(H,38,39)/p-1/t21-/m1/s1. The monoisotopic (exact) mass is 577 g/mol. The molecular weight excluding hydrogens is 540 g/mol. The molecule has 11 heteroatoms. The van der Waals surface area contributed by atoms with Crippen molar-refractivity contribution in [2.75, 3.05) is 38.6 Å². The molecule has 2 atom stereocenters. The van der Waals surface area contributed by atoms with Crippen LogP contribution in [-0.4, -0.2) is 77.1 Å². The van der Waals surface area contributed by atoms with Gasteiger partial charge in [0.05, 0.1) is 36.3 Å². The molecule has 0 bridgehead atoms. The number of methoxy groups -OCH3 is 1. The SMILES string of the molecule is CCN(Cc1ccccc1-c1ccc2cnc(Nc3ccc(C4CCN(C[C@@H](C)O)CC4)cc3OC)nn12)S(=O)[O-]. The number of nitrogens with zero attached hydrogens (tertiary/aromatic N) is 5. The van der Waals surface area contributed by atoms with Gasteiger partial charge >= 0.3 is 0 Å². The Kier molecular flexibility index (Phi) is 9.31. The van der Waals surface area contributed by atoms with Gasteiger partial charge in [0.25, 0.3) is 0 Å². The molecule has 1 aliphatic rings. The number of hydrogen-bond acceptors (Lipinski definition) is 8. The molecule has 0 aliphatic carbocycles. The van der Waals surface area contributed by atoms with Gasteiger partial charge in [-0.05, 0) is 74.2 Å². The Morgan fingerprint density at radius 1 is 1.20 bits per heavy atom. The second kappa shape index (κ2) is 13.1. The minimum Gasteiger partial charge on any atom is -0.760 e. The van der Waals surface area contributed by atoms with Gasteiger partial charge in [0.1, 0.15) is 5.75 Å². The zero-order chi connectivity index (χ0) is 28.9. The van der Waals surface area contributed by atoms with Crippen molar-refractivity contribution in [1.82, 2.24) is 23.8 Å². The van der Waals surface area contributed by atoms with E-state index in [1.807, 2.05) is 60.8 Å². The predicted molar refractivity (Wildman–Crippen MR) is 160 cm³/mol. The number of piperidine rings is 1. The summed E-state index contributed by atoms with van der Waals surface area (Å²) in [5.74, 6) is 1.59. The van der Waals surface area contributed by atoms with E-state index in [1.165, 1.54) is 9.87 Å². The summed E-state index contributed by atoms with van der Waals surface area (Å²) < 4.78 is 32.2. The summed E-state index contributed by atoms with van der Waals surface area (Å²) in [5, 5.41) is 17.8. The fourth-order valence-corrected chi connectivity index (χ4v) is 5.99. The summed E-state index contributed by atoms with van der Waals surface area (Å²) in [6, 6.07) is 17.9. The molecule has 10 nitrogen and oxygen atoms in total. The van der Waals surface area contributed by atoms with Gasteiger partial charge in [-0.1, -0.05) is 37.3 Å². The van der Waals surface area contributed by atoms with Crippen molar-refractivity contribution in [3.63, 3.8) is 0 Å². The summed E-state index contributed by atoms with van der Waals surface area (Å²) in [6.45, 7) is 6.98. The zero-order valence-corrected chi connectivity index (χ0v) is 24.5. The van der Waals surface area contributed by atoms with E-state index in [-0.39, 0.29) is 12.6 Å². The number of aromatic nitrogens is 3. The molecule has 2 N–H and O–H groups in total. The number of aliphatic hydroxyl groups is 1. The van der Waals surface area contributed by atoms with Crippen molar-refractivity contribution in [2.45, 2.75) is 45.3 Å². The topological polar surface area (TPSA) is 118 Å². The minimum atomic E-state index is -2.31. The number of β-amino-alcohol motifs (C(OH)–C–C–N with tert-alkyl or cyclic N) is 1. The van der Waals surface area contributed by atoms with Crippen molar-refractivity contribution in [3.05, 3.63) is 71.9 Å². The van der Waals surface area contributed by atoms with Gasteiger partial charge in [-0.3, -0.25) is 4.21 Å². The Labute approximate surface area is 243 Å². The lowest BCUT2D eigenvalue weighted by Crippen LogP contribution is -2.37. The highest BCUT2D eigenvalue weighted by atomic mass is 32.2. The van der Waals surface area contributed by atoms with E-state index in [2.05, 4.69) is 27.3 Å². The Balaban J connectivity index is 1.37. The maximum atomic E-state index is 11.6. The van der Waals surface area contributed by atoms with E-state index >= 15 is 0 Å². The number of nitrogens with one attached hydrogen (secondary N) is 1. The fraction of sp³-hybridized carbons (Fsp3) is 0.400. The van der Waals surface area contributed by atoms with Crippen LogP contribution in [0.2, 0.25) is 0 Å². The van der Waals surface area contributed by atoms with Crippen LogP contribution in [0.4, 0.5) is 11.6 Å². The number of likely N-dealkylation sites (tertiary alicyclic amines) is 1. The number of anilines is 2. The third kappa shape index (κ3) is 6.77. The van der Waals surface area contributed by atoms with E-state index in [1.54, 1.807) is 13.3 Å². The number of benzene rings is 2. The number of aliphatic hydroxyl groups excluding tert-OH is 1. The molecule has 1 unspecified atom stereocenters. The van der Waals surface area contributed by atoms with Crippen molar-refractivity contribution in [3.8, 4) is 17.0 Å². The molecule has 0 saturated carbocycles. The summed E-state index contributed by atoms with van der Waals surface area (Å²) in [4.78, 5) is 6.84. The third-order valence-electron chi connectivity index (χ3n) is 7.66. The predicted octanol–water partition coefficient (Wildman–Crippen LogP) is 4.32. The second-order valence-corrected chi connectivity index (χ2v) is 11.4. The summed E-state index contributed by atoms with van der Waals surface area (Å²) in [5.41, 5.74) is 5.48. The summed E-state index contributed by atoms with van der Waals surface area (Å²) >= 11 is -2.31. The van der Waals surface area contributed by atoms with Crippen LogP contribution in [0.25, 0.3) is 16.8 Å². The molecule has 0 radical (unpaired) electrons. The molecular formula is C30H37N6O4S-. The quantitative estimate of drug-likeness (QED) is 0.253. The van der Waals surface area contributed by atoms with Crippen LogP contribution in [0.5, 0.6) is 5.75 Å². The van der Waals surface area contributed by atoms with Gasteiger partial charge in [-0.2, -0.15) is 0 Å². The lowest BCUT2D eigenvalue weighted by molar-refractivity contribution is 0.109. The van der Waals surface area contributed by atoms with Crippen molar-refractivity contribution < 1.29 is 18.6 Å². The highest BCUT2D eigenvalue weighted by Gasteiger charge is 2.22. The molecule has 0 spiro atoms. The van der Waals surface area contributed by atoms with Crippen molar-refractivity contribution >= 4 is 28.4 Å². The smallest absolute Gasteiger partial charge is 0.245 e. The first-order valence-corrected chi connectivity index (χ1v) is 15.0. The first kappa shape index (κ1) is 29.2. The molecule has 3 heterocycles. The van der Waals surface area contributed by atoms with Gasteiger partial charge in [0.15, 0.2) is 0 Å². The van der Waals surface area contributed by atoms with Crippen molar-refractivity contribution in [2.24, 2.45) is 0 Å². The van der Waals surface area contributed by atoms with Gasteiger partial charge in [0.2, 0.25) is 5.95 Å². The van der Waals surface area contributed by atoms with E-state index in [4.69, 9.17) is 9.84 Å². The molecule has 5 rings (SSSR count). The first-order chi connectivity index (χ1) is 19.9. The normalized spacial score (nSPS) is 16.2. The third-order valence-corrected chi connectivity index (χ3v) is 8.46.